The molecule has 5 rings (SSSR count). The molecule has 2 saturated carbocycles. The van der Waals surface area contributed by atoms with E-state index in [1.54, 1.807) is 12.1 Å². The average Bonchev–Trinajstić information content (AvgIpc) is 3.14. The molecule has 4 aliphatic rings. The van der Waals surface area contributed by atoms with Crippen LogP contribution in [0, 0.1) is 41.3 Å². The first-order valence-electron chi connectivity index (χ1n) is 13.8. The van der Waals surface area contributed by atoms with Crippen LogP contribution < -0.4 is 5.32 Å². The average molecular weight is 510 g/mol. The van der Waals surface area contributed by atoms with Crippen LogP contribution in [0.3, 0.4) is 0 Å². The molecule has 3 aliphatic carbocycles. The highest BCUT2D eigenvalue weighted by Gasteiger charge is 2.54. The first kappa shape index (κ1) is 25.7. The molecule has 1 N–H and O–H groups in total. The Morgan fingerprint density at radius 1 is 1.24 bits per heavy atom. The van der Waals surface area contributed by atoms with Crippen LogP contribution in [0.5, 0.6) is 0 Å². The van der Waals surface area contributed by atoms with Gasteiger partial charge < -0.3 is 14.8 Å². The van der Waals surface area contributed by atoms with Crippen molar-refractivity contribution in [2.75, 3.05) is 6.61 Å². The standard InChI is InChI=1S/C31H38FNO4.H2/c1-4-36-31(35)33-24-10-13-26-22(16-24)17-28-29(19(3)37-30(28)34)27(26)12-9-20-8-11-25(18(2)14-20)21-6-5-7-23(32)15-21;/h5-9,11-12,15,18-19,22,24,26-29H,4,10,13-14,16-17H2,1-3H3,(H,33,35);1H/b12-9+;/t18?,19-,22-,24-,26-,27-,28-,29+;/m0./s1. The molecule has 1 heterocycles. The van der Waals surface area contributed by atoms with E-state index in [0.717, 1.165) is 43.2 Å². The molecule has 200 valence electrons. The number of amides is 1. The molecule has 1 saturated heterocycles. The van der Waals surface area contributed by atoms with E-state index >= 15 is 0 Å². The van der Waals surface area contributed by atoms with Crippen LogP contribution in [0.25, 0.3) is 5.57 Å². The lowest BCUT2D eigenvalue weighted by Crippen LogP contribution is -2.48. The largest absolute Gasteiger partial charge is 0.462 e. The first-order valence-corrected chi connectivity index (χ1v) is 13.8. The maximum Gasteiger partial charge on any atom is 0.407 e. The molecule has 1 aromatic rings. The van der Waals surface area contributed by atoms with Gasteiger partial charge in [0, 0.05) is 13.4 Å². The summed E-state index contributed by atoms with van der Waals surface area (Å²) in [6.07, 6.45) is 13.0. The molecule has 0 radical (unpaired) electrons. The quantitative estimate of drug-likeness (QED) is 0.448. The third kappa shape index (κ3) is 5.39. The van der Waals surface area contributed by atoms with Crippen LogP contribution in [0.1, 0.15) is 59.9 Å². The van der Waals surface area contributed by atoms with Gasteiger partial charge in [0.25, 0.3) is 0 Å². The van der Waals surface area contributed by atoms with Gasteiger partial charge in [-0.1, -0.05) is 43.4 Å². The number of esters is 1. The molecule has 5 nitrogen and oxygen atoms in total. The molecule has 0 aromatic heterocycles. The maximum atomic E-state index is 13.8. The fraction of sp³-hybridized carbons (Fsp3) is 0.548. The van der Waals surface area contributed by atoms with Crippen molar-refractivity contribution in [3.05, 3.63) is 65.5 Å². The van der Waals surface area contributed by atoms with E-state index in [-0.39, 0.29) is 55.1 Å². The number of nitrogens with one attached hydrogen (secondary N) is 1. The van der Waals surface area contributed by atoms with Crippen LogP contribution in [-0.4, -0.2) is 30.8 Å². The number of ether oxygens (including phenoxy) is 2. The summed E-state index contributed by atoms with van der Waals surface area (Å²) in [5.41, 5.74) is 3.35. The number of carbonyl (C=O) groups is 2. The molecule has 1 aliphatic heterocycles. The number of hydrogen-bond acceptors (Lipinski definition) is 4. The van der Waals surface area contributed by atoms with E-state index < -0.39 is 0 Å². The van der Waals surface area contributed by atoms with Crippen molar-refractivity contribution in [1.82, 2.24) is 5.32 Å². The number of cyclic esters (lactones) is 1. The number of hydrogen-bond donors (Lipinski definition) is 1. The highest BCUT2D eigenvalue weighted by atomic mass is 19.1. The number of halogens is 1. The fourth-order valence-corrected chi connectivity index (χ4v) is 7.39. The Hall–Kier alpha value is -2.89. The highest BCUT2D eigenvalue weighted by molar-refractivity contribution is 5.75. The number of alkyl carbamates (subject to hydrolysis) is 1. The van der Waals surface area contributed by atoms with E-state index in [1.165, 1.54) is 11.6 Å². The lowest BCUT2D eigenvalue weighted by molar-refractivity contribution is -0.144. The number of rotatable bonds is 5. The minimum Gasteiger partial charge on any atom is -0.462 e. The van der Waals surface area contributed by atoms with Gasteiger partial charge in [-0.15, -0.1) is 0 Å². The van der Waals surface area contributed by atoms with Crippen LogP contribution in [-0.2, 0) is 14.3 Å². The van der Waals surface area contributed by atoms with Crippen molar-refractivity contribution in [2.24, 2.45) is 35.5 Å². The maximum absolute atomic E-state index is 13.8. The van der Waals surface area contributed by atoms with Crippen molar-refractivity contribution >= 4 is 17.6 Å². The van der Waals surface area contributed by atoms with Crippen LogP contribution >= 0.6 is 0 Å². The summed E-state index contributed by atoms with van der Waals surface area (Å²) >= 11 is 0. The van der Waals surface area contributed by atoms with Crippen molar-refractivity contribution in [3.8, 4) is 0 Å². The summed E-state index contributed by atoms with van der Waals surface area (Å²) in [5.74, 6) is 1.23. The molecule has 0 bridgehead atoms. The van der Waals surface area contributed by atoms with Gasteiger partial charge in [0.15, 0.2) is 0 Å². The van der Waals surface area contributed by atoms with E-state index in [0.29, 0.717) is 18.4 Å². The van der Waals surface area contributed by atoms with Gasteiger partial charge in [-0.2, -0.15) is 0 Å². The van der Waals surface area contributed by atoms with Gasteiger partial charge in [0.1, 0.15) is 11.9 Å². The summed E-state index contributed by atoms with van der Waals surface area (Å²) < 4.78 is 24.6. The minimum atomic E-state index is -0.353. The van der Waals surface area contributed by atoms with Crippen molar-refractivity contribution in [3.63, 3.8) is 0 Å². The van der Waals surface area contributed by atoms with E-state index in [9.17, 15) is 14.0 Å². The molecule has 1 aromatic carbocycles. The Balaban J connectivity index is 0.00000336. The normalized spacial score (nSPS) is 35.2. The molecule has 37 heavy (non-hydrogen) atoms. The summed E-state index contributed by atoms with van der Waals surface area (Å²) in [4.78, 5) is 24.7. The number of allylic oxidation sites excluding steroid dienone is 6. The van der Waals surface area contributed by atoms with Gasteiger partial charge >= 0.3 is 12.1 Å². The first-order chi connectivity index (χ1) is 17.8. The van der Waals surface area contributed by atoms with Crippen LogP contribution in [0.15, 0.2) is 54.1 Å². The Morgan fingerprint density at radius 2 is 2.08 bits per heavy atom. The van der Waals surface area contributed by atoms with Crippen molar-refractivity contribution in [2.45, 2.75) is 65.0 Å². The minimum absolute atomic E-state index is 0. The highest BCUT2D eigenvalue weighted by Crippen LogP contribution is 2.53. The lowest BCUT2D eigenvalue weighted by atomic mass is 9.57. The zero-order valence-electron chi connectivity index (χ0n) is 22.0. The summed E-state index contributed by atoms with van der Waals surface area (Å²) in [6, 6.07) is 6.89. The van der Waals surface area contributed by atoms with Gasteiger partial charge in [-0.25, -0.2) is 9.18 Å². The second-order valence-corrected chi connectivity index (χ2v) is 11.3. The van der Waals surface area contributed by atoms with Gasteiger partial charge in [-0.05, 0) is 98.5 Å². The van der Waals surface area contributed by atoms with Crippen LogP contribution in [0.2, 0.25) is 0 Å². The molecular formula is C31H40FNO4. The van der Waals surface area contributed by atoms with Gasteiger partial charge in [0.05, 0.1) is 12.5 Å². The molecular weight excluding hydrogens is 469 g/mol. The van der Waals surface area contributed by atoms with E-state index in [1.807, 2.05) is 19.9 Å². The van der Waals surface area contributed by atoms with Crippen molar-refractivity contribution < 1.29 is 24.9 Å². The Morgan fingerprint density at radius 3 is 2.84 bits per heavy atom. The molecule has 1 unspecified atom stereocenters. The number of fused-ring (bicyclic) bond motifs is 2. The predicted octanol–water partition coefficient (Wildman–Crippen LogP) is 6.71. The Labute approximate surface area is 220 Å². The molecule has 3 fully saturated rings. The molecule has 0 spiro atoms. The molecule has 6 heteroatoms. The lowest BCUT2D eigenvalue weighted by Gasteiger charge is -2.47. The third-order valence-corrected chi connectivity index (χ3v) is 8.99. The second-order valence-electron chi connectivity index (χ2n) is 11.3. The molecule has 1 amide bonds. The predicted molar refractivity (Wildman–Crippen MR) is 143 cm³/mol. The van der Waals surface area contributed by atoms with Crippen molar-refractivity contribution in [1.29, 1.82) is 0 Å². The van der Waals surface area contributed by atoms with Crippen LogP contribution in [0.4, 0.5) is 9.18 Å². The zero-order chi connectivity index (χ0) is 26.1. The van der Waals surface area contributed by atoms with Gasteiger partial charge in [-0.3, -0.25) is 4.79 Å². The number of benzene rings is 1. The Bertz CT molecular complexity index is 1130. The van der Waals surface area contributed by atoms with E-state index in [2.05, 4.69) is 36.5 Å². The third-order valence-electron chi connectivity index (χ3n) is 8.99. The fourth-order valence-electron chi connectivity index (χ4n) is 7.39. The summed E-state index contributed by atoms with van der Waals surface area (Å²) in [7, 11) is 0. The topological polar surface area (TPSA) is 64.6 Å². The van der Waals surface area contributed by atoms with E-state index in [4.69, 9.17) is 9.47 Å². The monoisotopic (exact) mass is 509 g/mol. The second kappa shape index (κ2) is 10.8. The number of carbonyl (C=O) groups excluding carboxylic acids is 2. The zero-order valence-corrected chi connectivity index (χ0v) is 22.0. The molecule has 8 atom stereocenters. The summed E-state index contributed by atoms with van der Waals surface area (Å²) in [5, 5.41) is 3.02. The summed E-state index contributed by atoms with van der Waals surface area (Å²) in [6.45, 7) is 6.39. The SMILES string of the molecule is CCOC(=O)N[C@H]1CC[C@H]2[C@@H](C1)C[C@@H]1C(=O)O[C@@H](C)[C@@H]1[C@H]2/C=C/C1=CC=C(c2cccc(F)c2)C(C)C1.[HH]. The Kier molecular flexibility index (Phi) is 7.55. The van der Waals surface area contributed by atoms with Gasteiger partial charge in [0.2, 0.25) is 0 Å². The smallest absolute Gasteiger partial charge is 0.407 e.